The van der Waals surface area contributed by atoms with Crippen molar-refractivity contribution in [3.8, 4) is 11.5 Å². The van der Waals surface area contributed by atoms with Crippen LogP contribution in [0.5, 0.6) is 0 Å². The summed E-state index contributed by atoms with van der Waals surface area (Å²) in [6, 6.07) is 17.6. The molecular weight excluding hydrogens is 328 g/mol. The summed E-state index contributed by atoms with van der Waals surface area (Å²) in [5.74, 6) is 1.11. The highest BCUT2D eigenvalue weighted by Crippen LogP contribution is 2.21. The van der Waals surface area contributed by atoms with Crippen molar-refractivity contribution in [2.75, 3.05) is 7.11 Å². The third kappa shape index (κ3) is 4.37. The quantitative estimate of drug-likeness (QED) is 0.706. The molecule has 0 atom stereocenters. The monoisotopic (exact) mass is 350 g/mol. The van der Waals surface area contributed by atoms with Gasteiger partial charge in [-0.15, -0.1) is 0 Å². The van der Waals surface area contributed by atoms with Gasteiger partial charge < -0.3 is 14.5 Å². The van der Waals surface area contributed by atoms with Crippen LogP contribution in [0.1, 0.15) is 22.6 Å². The number of nitrogens with zero attached hydrogens (tertiary/aromatic N) is 1. The third-order valence-corrected chi connectivity index (χ3v) is 4.14. The van der Waals surface area contributed by atoms with Crippen LogP contribution in [0.3, 0.4) is 0 Å². The summed E-state index contributed by atoms with van der Waals surface area (Å²) >= 11 is 0. The Labute approximate surface area is 153 Å². The number of aromatic nitrogens is 1. The fourth-order valence-electron chi connectivity index (χ4n) is 2.73. The van der Waals surface area contributed by atoms with Crippen LogP contribution < -0.4 is 5.32 Å². The van der Waals surface area contributed by atoms with Crippen LogP contribution in [-0.2, 0) is 29.1 Å². The second-order valence-electron chi connectivity index (χ2n) is 6.04. The molecule has 0 aliphatic carbocycles. The molecule has 1 aromatic heterocycles. The highest BCUT2D eigenvalue weighted by atomic mass is 16.5. The molecule has 5 heteroatoms. The smallest absolute Gasteiger partial charge is 0.226 e. The Morgan fingerprint density at radius 3 is 2.50 bits per heavy atom. The van der Waals surface area contributed by atoms with Crippen LogP contribution in [0.2, 0.25) is 0 Å². The number of rotatable bonds is 7. The number of aryl methyl sites for hydroxylation is 1. The molecule has 26 heavy (non-hydrogen) atoms. The summed E-state index contributed by atoms with van der Waals surface area (Å²) in [4.78, 5) is 16.8. The van der Waals surface area contributed by atoms with E-state index in [1.807, 2.05) is 61.5 Å². The van der Waals surface area contributed by atoms with Crippen molar-refractivity contribution in [1.29, 1.82) is 0 Å². The maximum atomic E-state index is 12.3. The lowest BCUT2D eigenvalue weighted by Gasteiger charge is -2.09. The Balaban J connectivity index is 1.63. The van der Waals surface area contributed by atoms with Gasteiger partial charge in [-0.2, -0.15) is 0 Å². The summed E-state index contributed by atoms with van der Waals surface area (Å²) in [6.07, 6.45) is 0.189. The lowest BCUT2D eigenvalue weighted by Crippen LogP contribution is -2.25. The first-order valence-electron chi connectivity index (χ1n) is 8.51. The van der Waals surface area contributed by atoms with Gasteiger partial charge in [-0.1, -0.05) is 42.5 Å². The molecule has 3 aromatic rings. The first kappa shape index (κ1) is 17.9. The Kier molecular flexibility index (Phi) is 5.81. The number of methoxy groups -OCH3 is 1. The molecule has 0 unspecified atom stereocenters. The number of benzene rings is 2. The molecule has 0 radical (unpaired) electrons. The SMILES string of the molecule is COCc1ccccc1CNC(=O)Cc1nc(-c2ccccc2)oc1C. The topological polar surface area (TPSA) is 64.4 Å². The van der Waals surface area contributed by atoms with Gasteiger partial charge in [-0.3, -0.25) is 4.79 Å². The number of hydrogen-bond acceptors (Lipinski definition) is 4. The van der Waals surface area contributed by atoms with Gasteiger partial charge in [-0.25, -0.2) is 4.98 Å². The number of amides is 1. The van der Waals surface area contributed by atoms with Crippen LogP contribution in [0.15, 0.2) is 59.0 Å². The summed E-state index contributed by atoms with van der Waals surface area (Å²) in [5, 5.41) is 2.95. The fourth-order valence-corrected chi connectivity index (χ4v) is 2.73. The molecule has 3 rings (SSSR count). The van der Waals surface area contributed by atoms with Crippen molar-refractivity contribution in [3.05, 3.63) is 77.2 Å². The van der Waals surface area contributed by atoms with E-state index in [1.54, 1.807) is 7.11 Å². The number of ether oxygens (including phenoxy) is 1. The van der Waals surface area contributed by atoms with Crippen LogP contribution in [-0.4, -0.2) is 18.0 Å². The van der Waals surface area contributed by atoms with E-state index >= 15 is 0 Å². The van der Waals surface area contributed by atoms with Gasteiger partial charge in [0, 0.05) is 19.2 Å². The number of nitrogens with one attached hydrogen (secondary N) is 1. The van der Waals surface area contributed by atoms with Crippen molar-refractivity contribution in [2.24, 2.45) is 0 Å². The van der Waals surface area contributed by atoms with Gasteiger partial charge >= 0.3 is 0 Å². The van der Waals surface area contributed by atoms with Gasteiger partial charge in [-0.05, 0) is 30.2 Å². The number of hydrogen-bond donors (Lipinski definition) is 1. The van der Waals surface area contributed by atoms with Gasteiger partial charge in [0.2, 0.25) is 11.8 Å². The lowest BCUT2D eigenvalue weighted by molar-refractivity contribution is -0.120. The Bertz CT molecular complexity index is 872. The highest BCUT2D eigenvalue weighted by molar-refractivity contribution is 5.78. The first-order chi connectivity index (χ1) is 12.7. The predicted octanol–water partition coefficient (Wildman–Crippen LogP) is 3.66. The zero-order valence-corrected chi connectivity index (χ0v) is 15.0. The van der Waals surface area contributed by atoms with E-state index in [1.165, 1.54) is 0 Å². The molecule has 2 aromatic carbocycles. The predicted molar refractivity (Wildman–Crippen MR) is 99.4 cm³/mol. The summed E-state index contributed by atoms with van der Waals surface area (Å²) in [6.45, 7) is 2.81. The Hall–Kier alpha value is -2.92. The molecule has 1 N–H and O–H groups in total. The van der Waals surface area contributed by atoms with Crippen molar-refractivity contribution in [2.45, 2.75) is 26.5 Å². The molecule has 0 fully saturated rings. The zero-order valence-electron chi connectivity index (χ0n) is 15.0. The van der Waals surface area contributed by atoms with Crippen LogP contribution in [0, 0.1) is 6.92 Å². The molecule has 1 amide bonds. The standard InChI is InChI=1S/C21H22N2O3/c1-15-19(23-21(26-15)16-8-4-3-5-9-16)12-20(24)22-13-17-10-6-7-11-18(17)14-25-2/h3-11H,12-14H2,1-2H3,(H,22,24). The maximum absolute atomic E-state index is 12.3. The van der Waals surface area contributed by atoms with Crippen LogP contribution in [0.4, 0.5) is 0 Å². The fraction of sp³-hybridized carbons (Fsp3) is 0.238. The minimum Gasteiger partial charge on any atom is -0.441 e. The largest absolute Gasteiger partial charge is 0.441 e. The van der Waals surface area contributed by atoms with Crippen LogP contribution >= 0.6 is 0 Å². The number of carbonyl (C=O) groups excluding carboxylic acids is 1. The van der Waals surface area contributed by atoms with Gasteiger partial charge in [0.25, 0.3) is 0 Å². The number of carbonyl (C=O) groups is 1. The molecule has 0 bridgehead atoms. The first-order valence-corrected chi connectivity index (χ1v) is 8.51. The van der Waals surface area contributed by atoms with E-state index in [-0.39, 0.29) is 12.3 Å². The average Bonchev–Trinajstić information content (AvgIpc) is 3.02. The van der Waals surface area contributed by atoms with E-state index in [0.717, 1.165) is 16.7 Å². The zero-order chi connectivity index (χ0) is 18.4. The maximum Gasteiger partial charge on any atom is 0.226 e. The van der Waals surface area contributed by atoms with E-state index in [2.05, 4.69) is 10.3 Å². The molecule has 5 nitrogen and oxygen atoms in total. The van der Waals surface area contributed by atoms with E-state index < -0.39 is 0 Å². The second kappa shape index (κ2) is 8.45. The molecule has 1 heterocycles. The van der Waals surface area contributed by atoms with Gasteiger partial charge in [0.1, 0.15) is 5.76 Å². The molecule has 0 aliphatic rings. The minimum absolute atomic E-state index is 0.0896. The summed E-state index contributed by atoms with van der Waals surface area (Å²) in [7, 11) is 1.66. The average molecular weight is 350 g/mol. The molecule has 0 saturated heterocycles. The van der Waals surface area contributed by atoms with E-state index in [4.69, 9.17) is 9.15 Å². The molecule has 0 saturated carbocycles. The second-order valence-corrected chi connectivity index (χ2v) is 6.04. The van der Waals surface area contributed by atoms with Crippen molar-refractivity contribution < 1.29 is 13.9 Å². The Morgan fingerprint density at radius 1 is 1.08 bits per heavy atom. The molecule has 0 spiro atoms. The molecule has 134 valence electrons. The molecular formula is C21H22N2O3. The Morgan fingerprint density at radius 2 is 1.77 bits per heavy atom. The lowest BCUT2D eigenvalue weighted by atomic mass is 10.1. The van der Waals surface area contributed by atoms with Gasteiger partial charge in [0.15, 0.2) is 0 Å². The van der Waals surface area contributed by atoms with E-state index in [0.29, 0.717) is 30.5 Å². The summed E-state index contributed by atoms with van der Waals surface area (Å²) in [5.41, 5.74) is 3.67. The van der Waals surface area contributed by atoms with E-state index in [9.17, 15) is 4.79 Å². The third-order valence-electron chi connectivity index (χ3n) is 4.14. The van der Waals surface area contributed by atoms with Crippen molar-refractivity contribution in [1.82, 2.24) is 10.3 Å². The normalized spacial score (nSPS) is 10.7. The van der Waals surface area contributed by atoms with Crippen molar-refractivity contribution in [3.63, 3.8) is 0 Å². The highest BCUT2D eigenvalue weighted by Gasteiger charge is 2.14. The van der Waals surface area contributed by atoms with Crippen molar-refractivity contribution >= 4 is 5.91 Å². The molecule has 0 aliphatic heterocycles. The van der Waals surface area contributed by atoms with Crippen LogP contribution in [0.25, 0.3) is 11.5 Å². The number of oxazole rings is 1. The minimum atomic E-state index is -0.0896. The van der Waals surface area contributed by atoms with Gasteiger partial charge in [0.05, 0.1) is 18.7 Å². The summed E-state index contributed by atoms with van der Waals surface area (Å²) < 4.78 is 10.9.